The van der Waals surface area contributed by atoms with Gasteiger partial charge in [-0.05, 0) is 66.2 Å². The zero-order valence-corrected chi connectivity index (χ0v) is 20.2. The van der Waals surface area contributed by atoms with Crippen LogP contribution in [0.15, 0.2) is 120 Å². The molecule has 38 heavy (non-hydrogen) atoms. The van der Waals surface area contributed by atoms with Gasteiger partial charge in [0, 0.05) is 29.3 Å². The Balaban J connectivity index is 1.49. The minimum Gasteiger partial charge on any atom is -0.267 e. The second-order valence-electron chi connectivity index (χ2n) is 9.01. The number of hydrazone groups is 1. The summed E-state index contributed by atoms with van der Waals surface area (Å²) in [6.07, 6.45) is 2.30. The first-order valence-corrected chi connectivity index (χ1v) is 12.2. The number of hydrogen-bond donors (Lipinski definition) is 0. The number of amides is 1. The molecular formula is C31H22F2N4O. The lowest BCUT2D eigenvalue weighted by molar-refractivity contribution is 0.0711. The van der Waals surface area contributed by atoms with E-state index in [-0.39, 0.29) is 17.5 Å². The number of halogens is 2. The zero-order valence-electron chi connectivity index (χ0n) is 20.2. The second-order valence-corrected chi connectivity index (χ2v) is 9.01. The van der Waals surface area contributed by atoms with Crippen LogP contribution in [-0.2, 0) is 0 Å². The van der Waals surface area contributed by atoms with Crippen LogP contribution in [0.4, 0.5) is 8.78 Å². The molecule has 2 heterocycles. The normalized spacial score (nSPS) is 14.9. The number of nitrogens with zero attached hydrogens (tertiary/aromatic N) is 4. The number of hydrogen-bond acceptors (Lipinski definition) is 3. The molecule has 4 aromatic carbocycles. The van der Waals surface area contributed by atoms with Crippen molar-refractivity contribution in [2.24, 2.45) is 5.10 Å². The van der Waals surface area contributed by atoms with Crippen LogP contribution in [0.2, 0.25) is 0 Å². The summed E-state index contributed by atoms with van der Waals surface area (Å²) >= 11 is 0. The number of aromatic nitrogens is 2. The predicted octanol–water partition coefficient (Wildman–Crippen LogP) is 6.81. The monoisotopic (exact) mass is 504 g/mol. The third-order valence-electron chi connectivity index (χ3n) is 6.56. The van der Waals surface area contributed by atoms with E-state index >= 15 is 0 Å². The van der Waals surface area contributed by atoms with Crippen molar-refractivity contribution in [2.45, 2.75) is 12.5 Å². The molecule has 1 aliphatic rings. The van der Waals surface area contributed by atoms with Gasteiger partial charge in [-0.1, -0.05) is 48.5 Å². The summed E-state index contributed by atoms with van der Waals surface area (Å²) in [6, 6.07) is 30.3. The summed E-state index contributed by atoms with van der Waals surface area (Å²) in [7, 11) is 0. The summed E-state index contributed by atoms with van der Waals surface area (Å²) in [5.74, 6) is -0.949. The summed E-state index contributed by atoms with van der Waals surface area (Å²) in [4.78, 5) is 13.7. The fourth-order valence-corrected chi connectivity index (χ4v) is 4.65. The van der Waals surface area contributed by atoms with Crippen molar-refractivity contribution >= 4 is 11.6 Å². The molecule has 1 atom stereocenters. The van der Waals surface area contributed by atoms with Crippen molar-refractivity contribution in [3.8, 4) is 16.9 Å². The van der Waals surface area contributed by atoms with Gasteiger partial charge < -0.3 is 0 Å². The number of benzene rings is 4. The Labute approximate surface area is 218 Å². The molecule has 0 N–H and O–H groups in total. The van der Waals surface area contributed by atoms with Crippen molar-refractivity contribution in [3.63, 3.8) is 0 Å². The molecule has 5 aromatic rings. The Hall–Kier alpha value is -4.91. The van der Waals surface area contributed by atoms with Crippen LogP contribution in [0.25, 0.3) is 16.9 Å². The maximum atomic E-state index is 13.8. The Morgan fingerprint density at radius 2 is 1.32 bits per heavy atom. The molecule has 0 fully saturated rings. The van der Waals surface area contributed by atoms with Crippen molar-refractivity contribution in [1.82, 2.24) is 14.8 Å². The SMILES string of the molecule is O=C(c1ccccc1)N1N=C(c2ccc(F)cc2)C[C@@H]1c1cn(-c2ccccc2)nc1-c1ccc(F)cc1. The molecule has 1 aromatic heterocycles. The number of para-hydroxylation sites is 1. The standard InChI is InChI=1S/C31H22F2N4O/c32-24-15-11-21(12-16-24)28-19-29(37(34-28)31(38)23-7-3-1-4-8-23)27-20-36(26-9-5-2-6-10-26)35-30(27)22-13-17-25(33)18-14-22/h1-18,20,29H,19H2/t29-/m1/s1. The average Bonchev–Trinajstić information content (AvgIpc) is 3.60. The Morgan fingerprint density at radius 1 is 0.737 bits per heavy atom. The van der Waals surface area contributed by atoms with Crippen LogP contribution in [-0.4, -0.2) is 26.4 Å². The molecule has 0 aliphatic carbocycles. The molecule has 0 unspecified atom stereocenters. The highest BCUT2D eigenvalue weighted by molar-refractivity contribution is 6.05. The van der Waals surface area contributed by atoms with Crippen molar-refractivity contribution in [1.29, 1.82) is 0 Å². The van der Waals surface area contributed by atoms with Crippen LogP contribution < -0.4 is 0 Å². The molecule has 0 bridgehead atoms. The molecule has 186 valence electrons. The largest absolute Gasteiger partial charge is 0.274 e. The van der Waals surface area contributed by atoms with E-state index in [1.54, 1.807) is 53.2 Å². The first-order valence-electron chi connectivity index (χ1n) is 12.2. The van der Waals surface area contributed by atoms with Crippen molar-refractivity contribution in [2.75, 3.05) is 0 Å². The molecule has 0 radical (unpaired) electrons. The minimum absolute atomic E-state index is 0.259. The van der Waals surface area contributed by atoms with E-state index in [1.807, 2.05) is 42.6 Å². The number of carbonyl (C=O) groups is 1. The lowest BCUT2D eigenvalue weighted by Crippen LogP contribution is -2.27. The minimum atomic E-state index is -0.486. The lowest BCUT2D eigenvalue weighted by atomic mass is 9.96. The van der Waals surface area contributed by atoms with Gasteiger partial charge in [-0.2, -0.15) is 10.2 Å². The van der Waals surface area contributed by atoms with Crippen LogP contribution in [0.3, 0.4) is 0 Å². The Kier molecular flexibility index (Phi) is 6.09. The van der Waals surface area contributed by atoms with Gasteiger partial charge in [-0.25, -0.2) is 18.5 Å². The molecule has 1 aliphatic heterocycles. The van der Waals surface area contributed by atoms with Crippen molar-refractivity contribution in [3.05, 3.63) is 144 Å². The highest BCUT2D eigenvalue weighted by Gasteiger charge is 2.36. The molecule has 1 amide bonds. The van der Waals surface area contributed by atoms with Gasteiger partial charge in [0.1, 0.15) is 11.6 Å². The van der Waals surface area contributed by atoms with E-state index in [0.29, 0.717) is 23.4 Å². The van der Waals surface area contributed by atoms with Crippen LogP contribution >= 0.6 is 0 Å². The molecule has 7 heteroatoms. The molecule has 0 spiro atoms. The van der Waals surface area contributed by atoms with Crippen molar-refractivity contribution < 1.29 is 13.6 Å². The highest BCUT2D eigenvalue weighted by atomic mass is 19.1. The van der Waals surface area contributed by atoms with Crippen LogP contribution in [0.1, 0.15) is 33.9 Å². The van der Waals surface area contributed by atoms with Crippen LogP contribution in [0.5, 0.6) is 0 Å². The van der Waals surface area contributed by atoms with E-state index in [0.717, 1.165) is 22.4 Å². The number of carbonyl (C=O) groups excluding carboxylic acids is 1. The van der Waals surface area contributed by atoms with E-state index in [4.69, 9.17) is 10.2 Å². The summed E-state index contributed by atoms with van der Waals surface area (Å²) in [5.41, 5.74) is 4.86. The average molecular weight is 505 g/mol. The van der Waals surface area contributed by atoms with E-state index in [1.165, 1.54) is 29.3 Å². The van der Waals surface area contributed by atoms with E-state index < -0.39 is 6.04 Å². The maximum Gasteiger partial charge on any atom is 0.274 e. The zero-order chi connectivity index (χ0) is 26.1. The van der Waals surface area contributed by atoms with E-state index in [9.17, 15) is 13.6 Å². The first-order chi connectivity index (χ1) is 18.6. The fraction of sp³-hybridized carbons (Fsp3) is 0.0645. The van der Waals surface area contributed by atoms with Gasteiger partial charge in [0.15, 0.2) is 0 Å². The van der Waals surface area contributed by atoms with Gasteiger partial charge in [0.25, 0.3) is 5.91 Å². The van der Waals surface area contributed by atoms with Crippen LogP contribution in [0, 0.1) is 11.6 Å². The summed E-state index contributed by atoms with van der Waals surface area (Å²) in [5, 5.41) is 11.1. The van der Waals surface area contributed by atoms with Gasteiger partial charge in [-0.3, -0.25) is 4.79 Å². The molecule has 6 rings (SSSR count). The third kappa shape index (κ3) is 4.50. The number of rotatable bonds is 5. The Bertz CT molecular complexity index is 1610. The third-order valence-corrected chi connectivity index (χ3v) is 6.56. The summed E-state index contributed by atoms with van der Waals surface area (Å²) < 4.78 is 29.2. The second kappa shape index (κ2) is 9.86. The molecule has 0 saturated carbocycles. The first kappa shape index (κ1) is 23.5. The van der Waals surface area contributed by atoms with Gasteiger partial charge in [0.05, 0.1) is 23.1 Å². The Morgan fingerprint density at radius 3 is 1.95 bits per heavy atom. The smallest absolute Gasteiger partial charge is 0.267 e. The van der Waals surface area contributed by atoms with Gasteiger partial charge in [0.2, 0.25) is 0 Å². The quantitative estimate of drug-likeness (QED) is 0.264. The van der Waals surface area contributed by atoms with Gasteiger partial charge >= 0.3 is 0 Å². The predicted molar refractivity (Wildman–Crippen MR) is 142 cm³/mol. The topological polar surface area (TPSA) is 50.5 Å². The highest BCUT2D eigenvalue weighted by Crippen LogP contribution is 2.39. The fourth-order valence-electron chi connectivity index (χ4n) is 4.65. The van der Waals surface area contributed by atoms with Gasteiger partial charge in [-0.15, -0.1) is 0 Å². The molecule has 5 nitrogen and oxygen atoms in total. The maximum absolute atomic E-state index is 13.8. The van der Waals surface area contributed by atoms with E-state index in [2.05, 4.69) is 0 Å². The molecule has 0 saturated heterocycles. The lowest BCUT2D eigenvalue weighted by Gasteiger charge is -2.22. The molecular weight excluding hydrogens is 482 g/mol. The summed E-state index contributed by atoms with van der Waals surface area (Å²) in [6.45, 7) is 0.